The largest absolute Gasteiger partial charge is 0.261 e. The molecule has 0 aromatic carbocycles. The van der Waals surface area contributed by atoms with Crippen molar-refractivity contribution in [1.29, 1.82) is 0 Å². The molecule has 0 amide bonds. The second-order valence-corrected chi connectivity index (χ2v) is 7.38. The van der Waals surface area contributed by atoms with Gasteiger partial charge >= 0.3 is 0 Å². The highest BCUT2D eigenvalue weighted by molar-refractivity contribution is 5.03. The van der Waals surface area contributed by atoms with Crippen LogP contribution >= 0.6 is 0 Å². The van der Waals surface area contributed by atoms with Gasteiger partial charge in [-0.25, -0.2) is 0 Å². The van der Waals surface area contributed by atoms with Gasteiger partial charge in [-0.05, 0) is 49.9 Å². The maximum absolute atomic E-state index is 4.39. The zero-order chi connectivity index (χ0) is 18.1. The lowest BCUT2D eigenvalue weighted by Gasteiger charge is -2.04. The van der Waals surface area contributed by atoms with E-state index in [9.17, 15) is 0 Å². The van der Waals surface area contributed by atoms with Crippen LogP contribution in [0.4, 0.5) is 0 Å². The molecule has 26 heavy (non-hydrogen) atoms. The van der Waals surface area contributed by atoms with E-state index in [2.05, 4.69) is 34.2 Å². The quantitative estimate of drug-likeness (QED) is 0.324. The molecular formula is C24H36N2. The first-order valence-corrected chi connectivity index (χ1v) is 10.7. The number of unbranched alkanes of at least 4 members (excludes halogenated alkanes) is 11. The van der Waals surface area contributed by atoms with E-state index < -0.39 is 0 Å². The van der Waals surface area contributed by atoms with E-state index in [1.807, 2.05) is 24.5 Å². The van der Waals surface area contributed by atoms with E-state index in [1.165, 1.54) is 88.4 Å². The van der Waals surface area contributed by atoms with Gasteiger partial charge in [0.05, 0.1) is 0 Å². The minimum atomic E-state index is 1.14. The van der Waals surface area contributed by atoms with Crippen molar-refractivity contribution in [2.24, 2.45) is 0 Å². The molecule has 0 spiro atoms. The average molecular weight is 353 g/mol. The van der Waals surface area contributed by atoms with Gasteiger partial charge in [0.2, 0.25) is 0 Å². The molecule has 0 radical (unpaired) electrons. The Kier molecular flexibility index (Phi) is 11.5. The van der Waals surface area contributed by atoms with Gasteiger partial charge in [-0.1, -0.05) is 76.3 Å². The number of hydrogen-bond donors (Lipinski definition) is 0. The van der Waals surface area contributed by atoms with Crippen LogP contribution in [0.1, 0.15) is 88.4 Å². The molecule has 0 saturated carbocycles. The standard InChI is InChI=1S/C24H36N2/c1(3-5-7-9-11-17-23-19-13-15-21-25-23)2-4-6-8-10-12-18-24-20-14-16-22-26-24/h13-16,19-22H,1-12,17-18H2. The number of aromatic nitrogens is 2. The van der Waals surface area contributed by atoms with Crippen LogP contribution in [0, 0.1) is 0 Å². The average Bonchev–Trinajstić information content (AvgIpc) is 2.70. The van der Waals surface area contributed by atoms with Crippen molar-refractivity contribution in [2.45, 2.75) is 89.9 Å². The Morgan fingerprint density at radius 2 is 0.769 bits per heavy atom. The number of rotatable bonds is 15. The molecule has 2 heterocycles. The van der Waals surface area contributed by atoms with Crippen LogP contribution < -0.4 is 0 Å². The summed E-state index contributed by atoms with van der Waals surface area (Å²) in [5.41, 5.74) is 2.49. The summed E-state index contributed by atoms with van der Waals surface area (Å²) in [4.78, 5) is 8.77. The Hall–Kier alpha value is -1.70. The summed E-state index contributed by atoms with van der Waals surface area (Å²) in [6.45, 7) is 0. The van der Waals surface area contributed by atoms with Gasteiger partial charge in [-0.3, -0.25) is 9.97 Å². The van der Waals surface area contributed by atoms with Gasteiger partial charge < -0.3 is 0 Å². The highest BCUT2D eigenvalue weighted by Gasteiger charge is 1.97. The summed E-state index contributed by atoms with van der Waals surface area (Å²) >= 11 is 0. The molecule has 0 aliphatic rings. The molecule has 2 rings (SSSR count). The molecule has 2 nitrogen and oxygen atoms in total. The van der Waals surface area contributed by atoms with Crippen LogP contribution in [0.2, 0.25) is 0 Å². The van der Waals surface area contributed by atoms with Crippen molar-refractivity contribution in [3.63, 3.8) is 0 Å². The zero-order valence-electron chi connectivity index (χ0n) is 16.4. The van der Waals surface area contributed by atoms with Crippen molar-refractivity contribution in [1.82, 2.24) is 9.97 Å². The first kappa shape index (κ1) is 20.6. The molecule has 0 N–H and O–H groups in total. The van der Waals surface area contributed by atoms with Crippen molar-refractivity contribution < 1.29 is 0 Å². The Bertz CT molecular complexity index is 487. The molecule has 0 aliphatic carbocycles. The Morgan fingerprint density at radius 1 is 0.423 bits per heavy atom. The lowest BCUT2D eigenvalue weighted by atomic mass is 10.0. The number of pyridine rings is 2. The lowest BCUT2D eigenvalue weighted by Crippen LogP contribution is -1.89. The van der Waals surface area contributed by atoms with Crippen LogP contribution in [0.5, 0.6) is 0 Å². The second kappa shape index (κ2) is 14.5. The summed E-state index contributed by atoms with van der Waals surface area (Å²) < 4.78 is 0. The third-order valence-corrected chi connectivity index (χ3v) is 5.07. The minimum absolute atomic E-state index is 1.14. The fourth-order valence-electron chi connectivity index (χ4n) is 3.47. The SMILES string of the molecule is c1ccc(CCCCCCCCCCCCCCc2ccccn2)nc1. The van der Waals surface area contributed by atoms with E-state index in [-0.39, 0.29) is 0 Å². The van der Waals surface area contributed by atoms with Gasteiger partial charge in [0.25, 0.3) is 0 Å². The molecule has 2 aromatic rings. The van der Waals surface area contributed by atoms with Gasteiger partial charge in [0.1, 0.15) is 0 Å². The van der Waals surface area contributed by atoms with Crippen LogP contribution in [-0.4, -0.2) is 9.97 Å². The molecule has 0 fully saturated rings. The minimum Gasteiger partial charge on any atom is -0.261 e. The zero-order valence-corrected chi connectivity index (χ0v) is 16.4. The summed E-state index contributed by atoms with van der Waals surface area (Å²) in [6, 6.07) is 12.4. The summed E-state index contributed by atoms with van der Waals surface area (Å²) in [5, 5.41) is 0. The normalized spacial score (nSPS) is 10.9. The predicted octanol–water partition coefficient (Wildman–Crippen LogP) is 6.94. The molecule has 0 aliphatic heterocycles. The highest BCUT2D eigenvalue weighted by atomic mass is 14.7. The van der Waals surface area contributed by atoms with Crippen LogP contribution in [0.15, 0.2) is 48.8 Å². The molecule has 0 atom stereocenters. The van der Waals surface area contributed by atoms with E-state index in [1.54, 1.807) is 0 Å². The second-order valence-electron chi connectivity index (χ2n) is 7.38. The molecule has 0 bridgehead atoms. The van der Waals surface area contributed by atoms with Crippen LogP contribution in [-0.2, 0) is 12.8 Å². The van der Waals surface area contributed by atoms with E-state index in [0.717, 1.165) is 12.8 Å². The van der Waals surface area contributed by atoms with Crippen molar-refractivity contribution in [2.75, 3.05) is 0 Å². The number of aryl methyl sites for hydroxylation is 2. The van der Waals surface area contributed by atoms with Crippen LogP contribution in [0.3, 0.4) is 0 Å². The first-order valence-electron chi connectivity index (χ1n) is 10.7. The Labute approximate surface area is 160 Å². The van der Waals surface area contributed by atoms with Crippen LogP contribution in [0.25, 0.3) is 0 Å². The van der Waals surface area contributed by atoms with Crippen molar-refractivity contribution in [3.8, 4) is 0 Å². The molecule has 0 unspecified atom stereocenters. The van der Waals surface area contributed by atoms with Gasteiger partial charge in [-0.2, -0.15) is 0 Å². The third-order valence-electron chi connectivity index (χ3n) is 5.07. The molecule has 2 aromatic heterocycles. The first-order chi connectivity index (χ1) is 12.9. The fourth-order valence-corrected chi connectivity index (χ4v) is 3.47. The number of nitrogens with zero attached hydrogens (tertiary/aromatic N) is 2. The lowest BCUT2D eigenvalue weighted by molar-refractivity contribution is 0.539. The highest BCUT2D eigenvalue weighted by Crippen LogP contribution is 2.13. The van der Waals surface area contributed by atoms with Gasteiger partial charge in [0.15, 0.2) is 0 Å². The summed E-state index contributed by atoms with van der Waals surface area (Å²) in [7, 11) is 0. The maximum atomic E-state index is 4.39. The van der Waals surface area contributed by atoms with Gasteiger partial charge in [0, 0.05) is 23.8 Å². The van der Waals surface area contributed by atoms with E-state index >= 15 is 0 Å². The topological polar surface area (TPSA) is 25.8 Å². The molecule has 142 valence electrons. The van der Waals surface area contributed by atoms with E-state index in [0.29, 0.717) is 0 Å². The number of hydrogen-bond acceptors (Lipinski definition) is 2. The van der Waals surface area contributed by atoms with Crippen molar-refractivity contribution in [3.05, 3.63) is 60.2 Å². The van der Waals surface area contributed by atoms with Crippen molar-refractivity contribution >= 4 is 0 Å². The fraction of sp³-hybridized carbons (Fsp3) is 0.583. The smallest absolute Gasteiger partial charge is 0.0403 e. The maximum Gasteiger partial charge on any atom is 0.0403 e. The van der Waals surface area contributed by atoms with E-state index in [4.69, 9.17) is 0 Å². The predicted molar refractivity (Wildman–Crippen MR) is 111 cm³/mol. The summed E-state index contributed by atoms with van der Waals surface area (Å²) in [5.74, 6) is 0. The monoisotopic (exact) mass is 352 g/mol. The third kappa shape index (κ3) is 10.3. The molecule has 2 heteroatoms. The van der Waals surface area contributed by atoms with Gasteiger partial charge in [-0.15, -0.1) is 0 Å². The Morgan fingerprint density at radius 3 is 1.08 bits per heavy atom. The summed E-state index contributed by atoms with van der Waals surface area (Å²) in [6.07, 6.45) is 22.6. The Balaban J connectivity index is 1.28. The molecular weight excluding hydrogens is 316 g/mol. The molecule has 0 saturated heterocycles.